The molecule has 0 N–H and O–H groups in total. The number of para-hydroxylation sites is 3. The third kappa shape index (κ3) is 12.0. The molecule has 20 rings (SSSR count). The highest BCUT2D eigenvalue weighted by atomic mass is 15.0. The van der Waals surface area contributed by atoms with Gasteiger partial charge in [0, 0.05) is 66.3 Å². The van der Waals surface area contributed by atoms with Crippen LogP contribution in [-0.2, 0) is 0 Å². The van der Waals surface area contributed by atoms with Gasteiger partial charge in [-0.15, -0.1) is 0 Å². The summed E-state index contributed by atoms with van der Waals surface area (Å²) in [4.78, 5) is 29.2. The fraction of sp³-hybridized carbons (Fsp3) is 0. The Kier molecular flexibility index (Phi) is 13.5. The van der Waals surface area contributed by atoms with Crippen molar-refractivity contribution in [3.8, 4) is 124 Å². The van der Waals surface area contributed by atoms with Crippen molar-refractivity contribution < 1.29 is 13.7 Å². The van der Waals surface area contributed by atoms with Crippen molar-refractivity contribution in [3.05, 3.63) is 388 Å². The zero-order valence-electron chi connectivity index (χ0n) is 66.8. The number of aromatic nitrogens is 8. The molecule has 4 aromatic heterocycles. The second-order valence-electron chi connectivity index (χ2n) is 25.9. The SMILES string of the molecule is [2H]c1c([2H])c([2H])c(-c2nc(-c3ccc(-c4ccc(-n5c6ccccc6c6c(-c7c([2H])c([2H])c([2H])c([2H])c7[2H])cccc65)cc4)cc3)nc(-c3ccc4ccccc4c3)n2)c([2H])c1[2H].c1ccc(-c2ccc3cc(-c4nc(-c5ccccc5)nc(-c5ccc(-c6cccc(-n7c8ccccc8c8ccccc87)c6)cc5)n4)ccc3c2)cc1. The highest BCUT2D eigenvalue weighted by Gasteiger charge is 2.20. The van der Waals surface area contributed by atoms with Gasteiger partial charge < -0.3 is 9.13 Å². The monoisotopic (exact) mass is 1360 g/mol. The average molecular weight is 1360 g/mol. The molecule has 0 spiro atoms. The maximum Gasteiger partial charge on any atom is 0.164 e. The molecule has 106 heavy (non-hydrogen) atoms. The molecular formula is C98H64N8. The summed E-state index contributed by atoms with van der Waals surface area (Å²) >= 11 is 0. The third-order valence-corrected chi connectivity index (χ3v) is 19.5. The van der Waals surface area contributed by atoms with E-state index in [-0.39, 0.29) is 52.8 Å². The molecule has 4 heterocycles. The maximum atomic E-state index is 8.72. The Labute approximate surface area is 626 Å². The van der Waals surface area contributed by atoms with E-state index in [1.165, 1.54) is 38.3 Å². The van der Waals surface area contributed by atoms with E-state index in [0.717, 1.165) is 88.3 Å². The van der Waals surface area contributed by atoms with Gasteiger partial charge in [0.15, 0.2) is 34.9 Å². The zero-order chi connectivity index (χ0) is 79.0. The van der Waals surface area contributed by atoms with Gasteiger partial charge in [0.2, 0.25) is 0 Å². The lowest BCUT2D eigenvalue weighted by Gasteiger charge is -2.11. The molecule has 0 radical (unpaired) electrons. The Hall–Kier alpha value is -14.3. The highest BCUT2D eigenvalue weighted by Crippen LogP contribution is 2.41. The predicted octanol–water partition coefficient (Wildman–Crippen LogP) is 24.9. The van der Waals surface area contributed by atoms with Gasteiger partial charge in [0.1, 0.15) is 0 Å². The number of nitrogens with zero attached hydrogens (tertiary/aromatic N) is 8. The molecule has 0 aliphatic heterocycles. The number of rotatable bonds is 12. The van der Waals surface area contributed by atoms with Crippen LogP contribution in [0.25, 0.3) is 189 Å². The molecule has 0 fully saturated rings. The summed E-state index contributed by atoms with van der Waals surface area (Å²) in [5, 5.41) is 8.47. The first-order valence-electron chi connectivity index (χ1n) is 39.9. The topological polar surface area (TPSA) is 87.2 Å². The summed E-state index contributed by atoms with van der Waals surface area (Å²) in [6.45, 7) is 0. The van der Waals surface area contributed by atoms with Crippen LogP contribution in [0.15, 0.2) is 388 Å². The van der Waals surface area contributed by atoms with Crippen molar-refractivity contribution in [2.24, 2.45) is 0 Å². The van der Waals surface area contributed by atoms with Crippen molar-refractivity contribution >= 4 is 65.2 Å². The fourth-order valence-electron chi connectivity index (χ4n) is 14.3. The summed E-state index contributed by atoms with van der Waals surface area (Å²) in [5.74, 6) is 2.45. The molecule has 0 saturated carbocycles. The van der Waals surface area contributed by atoms with E-state index in [9.17, 15) is 0 Å². The number of hydrogen-bond donors (Lipinski definition) is 0. The van der Waals surface area contributed by atoms with Gasteiger partial charge in [0.25, 0.3) is 0 Å². The Morgan fingerprint density at radius 3 is 1.11 bits per heavy atom. The van der Waals surface area contributed by atoms with Crippen LogP contribution in [0.3, 0.4) is 0 Å². The van der Waals surface area contributed by atoms with E-state index in [1.807, 2.05) is 164 Å². The third-order valence-electron chi connectivity index (χ3n) is 19.5. The lowest BCUT2D eigenvalue weighted by molar-refractivity contribution is 1.07. The van der Waals surface area contributed by atoms with E-state index in [1.54, 1.807) is 6.07 Å². The fourth-order valence-corrected chi connectivity index (χ4v) is 14.3. The van der Waals surface area contributed by atoms with Crippen molar-refractivity contribution in [2.45, 2.75) is 0 Å². The first kappa shape index (κ1) is 52.6. The van der Waals surface area contributed by atoms with Crippen LogP contribution >= 0.6 is 0 Å². The maximum absolute atomic E-state index is 8.72. The quantitative estimate of drug-likeness (QED) is 0.121. The Morgan fingerprint density at radius 2 is 0.538 bits per heavy atom. The first-order valence-corrected chi connectivity index (χ1v) is 34.9. The first-order chi connectivity index (χ1) is 56.7. The smallest absolute Gasteiger partial charge is 0.164 e. The van der Waals surface area contributed by atoms with E-state index in [2.05, 4.69) is 172 Å². The largest absolute Gasteiger partial charge is 0.309 e. The number of hydrogen-bond acceptors (Lipinski definition) is 6. The van der Waals surface area contributed by atoms with Crippen LogP contribution in [0.4, 0.5) is 0 Å². The second kappa shape index (κ2) is 27.2. The van der Waals surface area contributed by atoms with Gasteiger partial charge in [-0.1, -0.05) is 321 Å². The standard InChI is InChI=1S/2C49H32N4/c1-3-12-33(13-4-1)38-26-27-40-31-41(29-28-39(40)30-38)49-51-47(35-14-5-2-6-15-35)50-48(52-49)36-24-22-34(23-25-36)37-16-11-17-42(32-37)53-45-20-9-7-18-43(45)44-19-8-10-21-46(44)53;1-3-13-36(14-4-1)42-19-11-21-45-46(42)43-18-9-10-20-44(43)53(45)41-30-28-35(29-31-41)34-22-25-38(26-23-34)48-50-47(37-15-5-2-6-16-37)51-49(52-48)40-27-24-33-12-7-8-17-39(33)32-40/h2*1-32H/i;1D,2D,3D,4D,5D,6D,13D,14D,15D,16D. The van der Waals surface area contributed by atoms with Crippen molar-refractivity contribution in [1.29, 1.82) is 0 Å². The zero-order valence-corrected chi connectivity index (χ0v) is 56.8. The lowest BCUT2D eigenvalue weighted by Crippen LogP contribution is -2.00. The molecule has 496 valence electrons. The molecule has 8 nitrogen and oxygen atoms in total. The van der Waals surface area contributed by atoms with Crippen LogP contribution in [0.1, 0.15) is 13.7 Å². The van der Waals surface area contributed by atoms with Gasteiger partial charge in [-0.05, 0) is 133 Å². The van der Waals surface area contributed by atoms with E-state index in [0.29, 0.717) is 34.2 Å². The predicted molar refractivity (Wildman–Crippen MR) is 438 cm³/mol. The van der Waals surface area contributed by atoms with Crippen LogP contribution in [-0.4, -0.2) is 39.0 Å². The van der Waals surface area contributed by atoms with E-state index >= 15 is 0 Å². The molecule has 0 bridgehead atoms. The molecule has 0 aliphatic carbocycles. The summed E-state index contributed by atoms with van der Waals surface area (Å²) in [5.41, 5.74) is 17.3. The second-order valence-corrected chi connectivity index (χ2v) is 25.9. The molecule has 20 aromatic rings. The summed E-state index contributed by atoms with van der Waals surface area (Å²) in [6, 6.07) is 107. The lowest BCUT2D eigenvalue weighted by atomic mass is 9.99. The number of fused-ring (bicyclic) bond motifs is 8. The van der Waals surface area contributed by atoms with Gasteiger partial charge in [-0.2, -0.15) is 0 Å². The van der Waals surface area contributed by atoms with Gasteiger partial charge in [-0.3, -0.25) is 0 Å². The number of benzene rings is 16. The molecular weight excluding hydrogens is 1290 g/mol. The molecule has 0 amide bonds. The molecule has 0 aliphatic rings. The minimum Gasteiger partial charge on any atom is -0.309 e. The Balaban J connectivity index is 0.000000157. The normalized spacial score (nSPS) is 12.7. The molecule has 0 unspecified atom stereocenters. The van der Waals surface area contributed by atoms with Crippen molar-refractivity contribution in [2.75, 3.05) is 0 Å². The van der Waals surface area contributed by atoms with E-state index < -0.39 is 36.3 Å². The van der Waals surface area contributed by atoms with Crippen LogP contribution in [0.2, 0.25) is 0 Å². The van der Waals surface area contributed by atoms with E-state index in [4.69, 9.17) is 38.6 Å². The Bertz CT molecular complexity index is 7210. The highest BCUT2D eigenvalue weighted by molar-refractivity contribution is 6.16. The minimum atomic E-state index is -0.502. The summed E-state index contributed by atoms with van der Waals surface area (Å²) in [7, 11) is 0. The average Bonchev–Trinajstić information content (AvgIpc) is 1.66. The minimum absolute atomic E-state index is 0.0367. The van der Waals surface area contributed by atoms with Gasteiger partial charge in [-0.25, -0.2) is 29.9 Å². The molecule has 8 heteroatoms. The van der Waals surface area contributed by atoms with Crippen LogP contribution in [0.5, 0.6) is 0 Å². The summed E-state index contributed by atoms with van der Waals surface area (Å²) < 4.78 is 88.8. The van der Waals surface area contributed by atoms with Crippen molar-refractivity contribution in [3.63, 3.8) is 0 Å². The van der Waals surface area contributed by atoms with Crippen molar-refractivity contribution in [1.82, 2.24) is 39.0 Å². The Morgan fingerprint density at radius 1 is 0.198 bits per heavy atom. The van der Waals surface area contributed by atoms with Gasteiger partial charge >= 0.3 is 0 Å². The van der Waals surface area contributed by atoms with Crippen LogP contribution < -0.4 is 0 Å². The van der Waals surface area contributed by atoms with Gasteiger partial charge in [0.05, 0.1) is 35.8 Å². The summed E-state index contributed by atoms with van der Waals surface area (Å²) in [6.07, 6.45) is 0. The molecule has 0 atom stereocenters. The molecule has 0 saturated heterocycles. The molecule has 16 aromatic carbocycles. The van der Waals surface area contributed by atoms with Crippen LogP contribution in [0, 0.1) is 0 Å².